The molecule has 5 nitrogen and oxygen atoms in total. The maximum Gasteiger partial charge on any atom is 0.174 e. The topological polar surface area (TPSA) is 59.0 Å². The molecule has 35 heavy (non-hydrogen) atoms. The van der Waals surface area contributed by atoms with Crippen molar-refractivity contribution < 1.29 is 19.4 Å². The zero-order valence-electron chi connectivity index (χ0n) is 20.5. The number of piperidine rings is 1. The third kappa shape index (κ3) is 3.17. The summed E-state index contributed by atoms with van der Waals surface area (Å²) in [6.07, 6.45) is 6.17. The molecule has 0 amide bonds. The van der Waals surface area contributed by atoms with Gasteiger partial charge in [-0.1, -0.05) is 42.8 Å². The van der Waals surface area contributed by atoms with Gasteiger partial charge in [0.15, 0.2) is 23.4 Å². The van der Waals surface area contributed by atoms with Crippen molar-refractivity contribution in [3.8, 4) is 11.5 Å². The number of hydrogen-bond donors (Lipinski definition) is 1. The Balaban J connectivity index is 1.24. The van der Waals surface area contributed by atoms with Crippen molar-refractivity contribution in [2.24, 2.45) is 11.8 Å². The summed E-state index contributed by atoms with van der Waals surface area (Å²) in [6, 6.07) is 14.4. The molecule has 6 atom stereocenters. The third-order valence-corrected chi connectivity index (χ3v) is 9.82. The van der Waals surface area contributed by atoms with E-state index < -0.39 is 12.2 Å². The smallest absolute Gasteiger partial charge is 0.174 e. The molecule has 2 aromatic rings. The van der Waals surface area contributed by atoms with Crippen molar-refractivity contribution in [3.63, 3.8) is 0 Å². The van der Waals surface area contributed by atoms with Crippen molar-refractivity contribution in [3.05, 3.63) is 59.2 Å². The Hall–Kier alpha value is -2.37. The molecule has 1 N–H and O–H groups in total. The summed E-state index contributed by atoms with van der Waals surface area (Å²) in [5, 5.41) is 10.9. The third-order valence-electron chi connectivity index (χ3n) is 9.82. The van der Waals surface area contributed by atoms with Gasteiger partial charge < -0.3 is 14.6 Å². The molecule has 2 aliphatic heterocycles. The van der Waals surface area contributed by atoms with Crippen molar-refractivity contribution in [2.45, 2.75) is 81.6 Å². The fourth-order valence-corrected chi connectivity index (χ4v) is 7.91. The number of carbonyl (C=O) groups is 1. The number of benzene rings is 2. The average molecular weight is 474 g/mol. The highest BCUT2D eigenvalue weighted by molar-refractivity contribution is 5.89. The van der Waals surface area contributed by atoms with E-state index >= 15 is 0 Å². The fraction of sp³-hybridized carbons (Fsp3) is 0.567. The van der Waals surface area contributed by atoms with Crippen LogP contribution in [0.2, 0.25) is 0 Å². The molecule has 2 aromatic carbocycles. The number of aliphatic hydroxyl groups excluding tert-OH is 1. The van der Waals surface area contributed by atoms with Crippen molar-refractivity contribution in [1.29, 1.82) is 0 Å². The van der Waals surface area contributed by atoms with E-state index in [1.165, 1.54) is 36.9 Å². The predicted molar refractivity (Wildman–Crippen MR) is 133 cm³/mol. The largest absolute Gasteiger partial charge is 0.484 e. The molecule has 2 bridgehead atoms. The number of rotatable bonds is 6. The van der Waals surface area contributed by atoms with E-state index in [2.05, 4.69) is 11.0 Å². The van der Waals surface area contributed by atoms with Gasteiger partial charge in [0.05, 0.1) is 0 Å². The Bertz CT molecular complexity index is 1140. The average Bonchev–Trinajstić information content (AvgIpc) is 3.20. The standard InChI is InChI=1S/C30H35NO4/c1-18(27(33)20-8-3-2-4-9-20)34-25-13-10-21-16-23-22-11-12-24(32)29-30(22,26(21)28(25)35-29)14-15-31(23)17-19-6-5-7-19/h2-4,8-10,13,18-19,22-23,27,29,33H,5-7,11-12,14-17H2,1H3/t18?,22-,23+,27?,29?,30-/m0/s1. The van der Waals surface area contributed by atoms with Gasteiger partial charge in [0, 0.05) is 30.0 Å². The summed E-state index contributed by atoms with van der Waals surface area (Å²) in [7, 11) is 0. The van der Waals surface area contributed by atoms with E-state index in [0.717, 1.165) is 43.0 Å². The van der Waals surface area contributed by atoms with E-state index in [1.807, 2.05) is 43.3 Å². The maximum absolute atomic E-state index is 13.2. The van der Waals surface area contributed by atoms with Gasteiger partial charge in [0.2, 0.25) is 0 Å². The van der Waals surface area contributed by atoms with Gasteiger partial charge in [-0.15, -0.1) is 0 Å². The SMILES string of the molecule is CC(Oc1ccc2c3c1OC1C(=O)CC[C@H]4[C@@H](C2)N(CC2CCC2)CC[C@]314)C(O)c1ccccc1. The highest BCUT2D eigenvalue weighted by Crippen LogP contribution is 2.63. The number of likely N-dealkylation sites (tertiary alicyclic amines) is 1. The van der Waals surface area contributed by atoms with Crippen LogP contribution in [0.3, 0.4) is 0 Å². The molecule has 3 aliphatic carbocycles. The van der Waals surface area contributed by atoms with Gasteiger partial charge in [-0.25, -0.2) is 0 Å². The first kappa shape index (κ1) is 21.9. The van der Waals surface area contributed by atoms with Gasteiger partial charge >= 0.3 is 0 Å². The molecule has 5 aliphatic rings. The minimum absolute atomic E-state index is 0.209. The van der Waals surface area contributed by atoms with Gasteiger partial charge in [-0.3, -0.25) is 9.69 Å². The van der Waals surface area contributed by atoms with Gasteiger partial charge in [-0.2, -0.15) is 0 Å². The zero-order chi connectivity index (χ0) is 23.7. The van der Waals surface area contributed by atoms with Crippen LogP contribution < -0.4 is 9.47 Å². The summed E-state index contributed by atoms with van der Waals surface area (Å²) >= 11 is 0. The molecular weight excluding hydrogens is 438 g/mol. The molecule has 7 rings (SSSR count). The first-order valence-electron chi connectivity index (χ1n) is 13.6. The van der Waals surface area contributed by atoms with E-state index in [0.29, 0.717) is 24.1 Å². The molecule has 184 valence electrons. The molecule has 2 saturated carbocycles. The molecule has 0 aromatic heterocycles. The molecule has 5 heteroatoms. The summed E-state index contributed by atoms with van der Waals surface area (Å²) in [5.74, 6) is 3.01. The van der Waals surface area contributed by atoms with Crippen LogP contribution >= 0.6 is 0 Å². The monoisotopic (exact) mass is 473 g/mol. The van der Waals surface area contributed by atoms with Crippen LogP contribution in [0.1, 0.15) is 68.2 Å². The van der Waals surface area contributed by atoms with Crippen LogP contribution in [-0.4, -0.2) is 47.1 Å². The molecule has 1 spiro atoms. The molecule has 0 radical (unpaired) electrons. The highest BCUT2D eigenvalue weighted by atomic mass is 16.5. The van der Waals surface area contributed by atoms with Crippen LogP contribution in [0.5, 0.6) is 11.5 Å². The van der Waals surface area contributed by atoms with Crippen molar-refractivity contribution in [2.75, 3.05) is 13.1 Å². The molecule has 2 heterocycles. The maximum atomic E-state index is 13.2. The fourth-order valence-electron chi connectivity index (χ4n) is 7.91. The normalized spacial score (nSPS) is 32.9. The van der Waals surface area contributed by atoms with E-state index in [-0.39, 0.29) is 17.3 Å². The van der Waals surface area contributed by atoms with E-state index in [9.17, 15) is 9.90 Å². The Kier molecular flexibility index (Phi) is 5.05. The van der Waals surface area contributed by atoms with Crippen LogP contribution in [0.25, 0.3) is 0 Å². The summed E-state index contributed by atoms with van der Waals surface area (Å²) in [5.41, 5.74) is 3.21. The lowest BCUT2D eigenvalue weighted by Gasteiger charge is -2.58. The van der Waals surface area contributed by atoms with Crippen LogP contribution in [0, 0.1) is 11.8 Å². The lowest BCUT2D eigenvalue weighted by atomic mass is 9.51. The number of nitrogens with zero attached hydrogens (tertiary/aromatic N) is 1. The quantitative estimate of drug-likeness (QED) is 0.665. The van der Waals surface area contributed by atoms with E-state index in [4.69, 9.17) is 9.47 Å². The lowest BCUT2D eigenvalue weighted by molar-refractivity contribution is -0.139. The summed E-state index contributed by atoms with van der Waals surface area (Å²) in [6.45, 7) is 4.17. The number of hydrogen-bond acceptors (Lipinski definition) is 5. The first-order chi connectivity index (χ1) is 17.1. The Morgan fingerprint density at radius 3 is 2.77 bits per heavy atom. The molecule has 3 fully saturated rings. The zero-order valence-corrected chi connectivity index (χ0v) is 20.5. The first-order valence-corrected chi connectivity index (χ1v) is 13.6. The lowest BCUT2D eigenvalue weighted by Crippen LogP contribution is -2.66. The van der Waals surface area contributed by atoms with Crippen molar-refractivity contribution >= 4 is 5.78 Å². The Labute approximate surface area is 207 Å². The number of carbonyl (C=O) groups excluding carboxylic acids is 1. The minimum Gasteiger partial charge on any atom is -0.484 e. The Morgan fingerprint density at radius 1 is 1.17 bits per heavy atom. The molecular formula is C30H35NO4. The predicted octanol–water partition coefficient (Wildman–Crippen LogP) is 4.60. The Morgan fingerprint density at radius 2 is 2.00 bits per heavy atom. The van der Waals surface area contributed by atoms with Gasteiger partial charge in [0.1, 0.15) is 12.2 Å². The summed E-state index contributed by atoms with van der Waals surface area (Å²) in [4.78, 5) is 16.0. The number of ketones is 1. The van der Waals surface area contributed by atoms with Crippen LogP contribution in [0.4, 0.5) is 0 Å². The number of aliphatic hydroxyl groups is 1. The molecule has 3 unspecified atom stereocenters. The second-order valence-electron chi connectivity index (χ2n) is 11.6. The van der Waals surface area contributed by atoms with Crippen LogP contribution in [0.15, 0.2) is 42.5 Å². The van der Waals surface area contributed by atoms with Gasteiger partial charge in [-0.05, 0) is 74.6 Å². The second kappa shape index (κ2) is 8.07. The summed E-state index contributed by atoms with van der Waals surface area (Å²) < 4.78 is 12.9. The number of ether oxygens (including phenoxy) is 2. The second-order valence-corrected chi connectivity index (χ2v) is 11.6. The molecule has 1 saturated heterocycles. The van der Waals surface area contributed by atoms with Crippen molar-refractivity contribution in [1.82, 2.24) is 4.90 Å². The minimum atomic E-state index is -0.741. The van der Waals surface area contributed by atoms with Gasteiger partial charge in [0.25, 0.3) is 0 Å². The highest BCUT2D eigenvalue weighted by Gasteiger charge is 2.66. The van der Waals surface area contributed by atoms with Crippen LogP contribution in [-0.2, 0) is 16.6 Å². The number of Topliss-reactive ketones (excluding diaryl/α,β-unsaturated/α-hetero) is 1. The van der Waals surface area contributed by atoms with E-state index in [1.54, 1.807) is 0 Å².